The minimum Gasteiger partial charge on any atom is -0.495 e. The van der Waals surface area contributed by atoms with Crippen LogP contribution in [-0.2, 0) is 0 Å². The number of anilines is 3. The Hall–Kier alpha value is -3.91. The fraction of sp³-hybridized carbons (Fsp3) is 0.0870. The van der Waals surface area contributed by atoms with E-state index in [9.17, 15) is 9.59 Å². The van der Waals surface area contributed by atoms with Crippen LogP contribution in [0.4, 0.5) is 21.3 Å². The van der Waals surface area contributed by atoms with E-state index in [1.165, 1.54) is 11.3 Å². The first-order valence-corrected chi connectivity index (χ1v) is 10.3. The third kappa shape index (κ3) is 4.81. The molecule has 0 bridgehead atoms. The van der Waals surface area contributed by atoms with Crippen LogP contribution < -0.4 is 20.7 Å². The maximum absolute atomic E-state index is 12.5. The maximum atomic E-state index is 12.5. The van der Waals surface area contributed by atoms with Crippen LogP contribution in [0.15, 0.2) is 66.7 Å². The number of aryl methyl sites for hydroxylation is 1. The Labute approximate surface area is 183 Å². The summed E-state index contributed by atoms with van der Waals surface area (Å²) in [5.41, 5.74) is 3.42. The van der Waals surface area contributed by atoms with Crippen molar-refractivity contribution in [1.29, 1.82) is 0 Å². The lowest BCUT2D eigenvalue weighted by Crippen LogP contribution is -2.19. The summed E-state index contributed by atoms with van der Waals surface area (Å²) in [6.45, 7) is 1.94. The quantitative estimate of drug-likeness (QED) is 0.388. The molecule has 7 nitrogen and oxygen atoms in total. The van der Waals surface area contributed by atoms with E-state index in [0.717, 1.165) is 10.3 Å². The Morgan fingerprint density at radius 1 is 0.935 bits per heavy atom. The number of hydrogen-bond donors (Lipinski definition) is 3. The monoisotopic (exact) mass is 432 g/mol. The summed E-state index contributed by atoms with van der Waals surface area (Å²) in [4.78, 5) is 29.2. The van der Waals surface area contributed by atoms with Crippen molar-refractivity contribution >= 4 is 50.0 Å². The van der Waals surface area contributed by atoms with Crippen LogP contribution in [0.3, 0.4) is 0 Å². The molecule has 0 aliphatic carbocycles. The number of fused-ring (bicyclic) bond motifs is 1. The summed E-state index contributed by atoms with van der Waals surface area (Å²) in [5.74, 6) is 0.360. The van der Waals surface area contributed by atoms with Crippen LogP contribution in [0.25, 0.3) is 10.2 Å². The van der Waals surface area contributed by atoms with Gasteiger partial charge in [0.2, 0.25) is 0 Å². The van der Waals surface area contributed by atoms with E-state index in [1.54, 1.807) is 37.4 Å². The van der Waals surface area contributed by atoms with Crippen LogP contribution in [0.1, 0.15) is 15.9 Å². The predicted molar refractivity (Wildman–Crippen MR) is 124 cm³/mol. The fourth-order valence-electron chi connectivity index (χ4n) is 3.02. The molecule has 3 N–H and O–H groups in total. The number of urea groups is 1. The van der Waals surface area contributed by atoms with Crippen molar-refractivity contribution in [2.24, 2.45) is 0 Å². The van der Waals surface area contributed by atoms with E-state index in [4.69, 9.17) is 4.74 Å². The molecule has 156 valence electrons. The zero-order chi connectivity index (χ0) is 21.8. The van der Waals surface area contributed by atoms with Crippen LogP contribution in [0.2, 0.25) is 0 Å². The highest BCUT2D eigenvalue weighted by atomic mass is 32.1. The second-order valence-electron chi connectivity index (χ2n) is 6.80. The van der Waals surface area contributed by atoms with Gasteiger partial charge in [-0.3, -0.25) is 10.1 Å². The van der Waals surface area contributed by atoms with E-state index < -0.39 is 6.03 Å². The molecule has 0 unspecified atom stereocenters. The first-order valence-electron chi connectivity index (χ1n) is 9.51. The molecule has 3 amide bonds. The lowest BCUT2D eigenvalue weighted by molar-refractivity contribution is 0.102. The highest BCUT2D eigenvalue weighted by molar-refractivity contribution is 7.22. The normalized spacial score (nSPS) is 10.5. The standard InChI is InChI=1S/C23H20N4O3S/c1-14-8-10-19(30-2)17(12-14)25-22(29)24-16-9-11-20-18(13-16)26-23(31-20)27-21(28)15-6-4-3-5-7-15/h3-13H,1-2H3,(H2,24,25,29)(H,26,27,28). The SMILES string of the molecule is COc1ccc(C)cc1NC(=O)Nc1ccc2sc(NC(=O)c3ccccc3)nc2c1. The van der Waals surface area contributed by atoms with Crippen LogP contribution in [0, 0.1) is 6.92 Å². The molecule has 0 aliphatic heterocycles. The van der Waals surface area contributed by atoms with E-state index in [-0.39, 0.29) is 5.91 Å². The molecule has 0 radical (unpaired) electrons. The van der Waals surface area contributed by atoms with Gasteiger partial charge in [0, 0.05) is 11.3 Å². The van der Waals surface area contributed by atoms with Gasteiger partial charge in [-0.15, -0.1) is 0 Å². The average Bonchev–Trinajstić information content (AvgIpc) is 3.16. The number of hydrogen-bond acceptors (Lipinski definition) is 5. The molecule has 0 atom stereocenters. The van der Waals surface area contributed by atoms with Gasteiger partial charge in [-0.2, -0.15) is 0 Å². The van der Waals surface area contributed by atoms with Crippen molar-refractivity contribution in [3.8, 4) is 5.75 Å². The van der Waals surface area contributed by atoms with Crippen LogP contribution in [0.5, 0.6) is 5.75 Å². The van der Waals surface area contributed by atoms with E-state index in [0.29, 0.717) is 33.3 Å². The summed E-state index contributed by atoms with van der Waals surface area (Å²) in [5, 5.41) is 8.91. The second kappa shape index (κ2) is 8.85. The number of carbonyl (C=O) groups is 2. The van der Waals surface area contributed by atoms with Gasteiger partial charge < -0.3 is 15.4 Å². The van der Waals surface area contributed by atoms with Crippen molar-refractivity contribution in [2.45, 2.75) is 6.92 Å². The molecule has 0 saturated carbocycles. The molecular weight excluding hydrogens is 412 g/mol. The van der Waals surface area contributed by atoms with Gasteiger partial charge in [-0.1, -0.05) is 35.6 Å². The zero-order valence-corrected chi connectivity index (χ0v) is 17.7. The summed E-state index contributed by atoms with van der Waals surface area (Å²) >= 11 is 1.37. The Morgan fingerprint density at radius 2 is 1.74 bits per heavy atom. The molecule has 4 aromatic rings. The minimum atomic E-state index is -0.393. The lowest BCUT2D eigenvalue weighted by atomic mass is 10.2. The number of ether oxygens (including phenoxy) is 1. The summed E-state index contributed by atoms with van der Waals surface area (Å²) < 4.78 is 6.19. The van der Waals surface area contributed by atoms with E-state index in [2.05, 4.69) is 20.9 Å². The number of carbonyl (C=O) groups excluding carboxylic acids is 2. The molecule has 1 aromatic heterocycles. The number of amides is 3. The molecule has 3 aromatic carbocycles. The Morgan fingerprint density at radius 3 is 2.52 bits per heavy atom. The first kappa shape index (κ1) is 20.4. The topological polar surface area (TPSA) is 92.4 Å². The molecule has 4 rings (SSSR count). The van der Waals surface area contributed by atoms with Crippen molar-refractivity contribution in [1.82, 2.24) is 4.98 Å². The number of methoxy groups -OCH3 is 1. The fourth-order valence-corrected chi connectivity index (χ4v) is 3.86. The summed E-state index contributed by atoms with van der Waals surface area (Å²) in [7, 11) is 1.55. The largest absolute Gasteiger partial charge is 0.495 e. The number of aromatic nitrogens is 1. The highest BCUT2D eigenvalue weighted by Crippen LogP contribution is 2.29. The number of benzene rings is 3. The number of rotatable bonds is 5. The van der Waals surface area contributed by atoms with Crippen LogP contribution >= 0.6 is 11.3 Å². The van der Waals surface area contributed by atoms with Gasteiger partial charge in [-0.25, -0.2) is 9.78 Å². The minimum absolute atomic E-state index is 0.218. The molecule has 0 aliphatic rings. The van der Waals surface area contributed by atoms with Gasteiger partial charge in [0.05, 0.1) is 23.0 Å². The van der Waals surface area contributed by atoms with Gasteiger partial charge in [0.15, 0.2) is 5.13 Å². The third-order valence-corrected chi connectivity index (χ3v) is 5.46. The van der Waals surface area contributed by atoms with Gasteiger partial charge in [0.25, 0.3) is 5.91 Å². The molecular formula is C23H20N4O3S. The first-order chi connectivity index (χ1) is 15.0. The molecule has 0 spiro atoms. The second-order valence-corrected chi connectivity index (χ2v) is 7.84. The van der Waals surface area contributed by atoms with Crippen LogP contribution in [-0.4, -0.2) is 24.0 Å². The molecule has 1 heterocycles. The highest BCUT2D eigenvalue weighted by Gasteiger charge is 2.12. The number of nitrogens with one attached hydrogen (secondary N) is 3. The number of thiazole rings is 1. The Bertz CT molecular complexity index is 1250. The summed E-state index contributed by atoms with van der Waals surface area (Å²) in [6, 6.07) is 19.5. The Kier molecular flexibility index (Phi) is 5.81. The Balaban J connectivity index is 1.46. The maximum Gasteiger partial charge on any atom is 0.323 e. The predicted octanol–water partition coefficient (Wildman–Crippen LogP) is 5.51. The van der Waals surface area contributed by atoms with E-state index >= 15 is 0 Å². The average molecular weight is 433 g/mol. The zero-order valence-electron chi connectivity index (χ0n) is 16.9. The molecule has 0 saturated heterocycles. The van der Waals surface area contributed by atoms with Crippen molar-refractivity contribution in [2.75, 3.05) is 23.1 Å². The van der Waals surface area contributed by atoms with Gasteiger partial charge in [-0.05, 0) is 55.0 Å². The molecule has 8 heteroatoms. The number of nitrogens with zero attached hydrogens (tertiary/aromatic N) is 1. The van der Waals surface area contributed by atoms with E-state index in [1.807, 2.05) is 43.3 Å². The third-order valence-electron chi connectivity index (χ3n) is 4.51. The smallest absolute Gasteiger partial charge is 0.323 e. The van der Waals surface area contributed by atoms with Gasteiger partial charge in [0.1, 0.15) is 5.75 Å². The molecule has 0 fully saturated rings. The molecule has 31 heavy (non-hydrogen) atoms. The van der Waals surface area contributed by atoms with Crippen molar-refractivity contribution < 1.29 is 14.3 Å². The van der Waals surface area contributed by atoms with Crippen molar-refractivity contribution in [3.63, 3.8) is 0 Å². The summed E-state index contributed by atoms with van der Waals surface area (Å²) in [6.07, 6.45) is 0. The van der Waals surface area contributed by atoms with Crippen molar-refractivity contribution in [3.05, 3.63) is 77.9 Å². The lowest BCUT2D eigenvalue weighted by Gasteiger charge is -2.12. The van der Waals surface area contributed by atoms with Gasteiger partial charge >= 0.3 is 6.03 Å².